The molecule has 6 N–H and O–H groups in total. The predicted molar refractivity (Wildman–Crippen MR) is 109 cm³/mol. The van der Waals surface area contributed by atoms with E-state index in [-0.39, 0.29) is 23.4 Å². The molecule has 4 bridgehead atoms. The van der Waals surface area contributed by atoms with Gasteiger partial charge in [-0.3, -0.25) is 9.59 Å². The fraction of sp³-hybridized carbons (Fsp3) is 0.818. The van der Waals surface area contributed by atoms with Gasteiger partial charge in [0.15, 0.2) is 6.10 Å². The summed E-state index contributed by atoms with van der Waals surface area (Å²) in [5, 5.41) is 44.4. The molecule has 6 aliphatic rings. The van der Waals surface area contributed by atoms with Gasteiger partial charge in [0.05, 0.1) is 24.1 Å². The number of piperidine rings is 1. The first kappa shape index (κ1) is 23.0. The summed E-state index contributed by atoms with van der Waals surface area (Å²) >= 11 is 0. The van der Waals surface area contributed by atoms with Crippen LogP contribution >= 0.6 is 0 Å². The molecule has 1 aliphatic heterocycles. The molecule has 5 aliphatic carbocycles. The first-order valence-electron chi connectivity index (χ1n) is 11.3. The van der Waals surface area contributed by atoms with Crippen molar-refractivity contribution in [3.05, 3.63) is 0 Å². The largest absolute Gasteiger partial charge is 0.481 e. The molecular formula is C22H31N3O7. The van der Waals surface area contributed by atoms with Crippen LogP contribution in [0.15, 0.2) is 0 Å². The summed E-state index contributed by atoms with van der Waals surface area (Å²) in [6, 6.07) is 1.72. The molecule has 2 unspecified atom stereocenters. The Hall–Kier alpha value is -2.22. The van der Waals surface area contributed by atoms with E-state index in [1.165, 1.54) is 6.42 Å². The molecule has 0 aromatic heterocycles. The average Bonchev–Trinajstić information content (AvgIpc) is 3.34. The lowest BCUT2D eigenvalue weighted by atomic mass is 9.46. The number of aliphatic hydroxyl groups is 2. The number of nitrogens with two attached hydrogens (primary N) is 1. The van der Waals surface area contributed by atoms with Crippen molar-refractivity contribution in [1.82, 2.24) is 4.90 Å². The SMILES string of the molecule is N#C[C@@H]1C[C@@H]2C[C@@H]2N1C(=O)[C@@H](N)C12C[C@@H]3C[C@@H](CC(O)(C3)C1)C2.O=C(O)C[C@H](O)C(=O)O. The molecule has 0 aromatic carbocycles. The summed E-state index contributed by atoms with van der Waals surface area (Å²) in [4.78, 5) is 34.4. The van der Waals surface area contributed by atoms with Gasteiger partial charge >= 0.3 is 11.9 Å². The summed E-state index contributed by atoms with van der Waals surface area (Å²) in [7, 11) is 0. The molecule has 1 heterocycles. The molecule has 32 heavy (non-hydrogen) atoms. The number of aliphatic hydroxyl groups excluding tert-OH is 1. The van der Waals surface area contributed by atoms with Gasteiger partial charge in [0.25, 0.3) is 0 Å². The second-order valence-electron chi connectivity index (χ2n) is 10.7. The van der Waals surface area contributed by atoms with Crippen molar-refractivity contribution >= 4 is 17.8 Å². The van der Waals surface area contributed by atoms with E-state index in [0.29, 0.717) is 24.2 Å². The zero-order valence-electron chi connectivity index (χ0n) is 17.9. The molecule has 0 spiro atoms. The van der Waals surface area contributed by atoms with Crippen LogP contribution in [0.25, 0.3) is 0 Å². The van der Waals surface area contributed by atoms with E-state index in [9.17, 15) is 24.8 Å². The molecule has 0 radical (unpaired) electrons. The van der Waals surface area contributed by atoms with Crippen molar-refractivity contribution < 1.29 is 34.8 Å². The Morgan fingerprint density at radius 2 is 1.72 bits per heavy atom. The van der Waals surface area contributed by atoms with E-state index in [1.807, 2.05) is 0 Å². The van der Waals surface area contributed by atoms with Gasteiger partial charge in [0.2, 0.25) is 5.91 Å². The number of hydrogen-bond donors (Lipinski definition) is 5. The number of carbonyl (C=O) groups is 3. The lowest BCUT2D eigenvalue weighted by molar-refractivity contribution is -0.177. The molecule has 6 fully saturated rings. The van der Waals surface area contributed by atoms with Crippen LogP contribution in [0.2, 0.25) is 0 Å². The number of nitrogens with zero attached hydrogens (tertiary/aromatic N) is 2. The minimum Gasteiger partial charge on any atom is -0.481 e. The quantitative estimate of drug-likeness (QED) is 0.387. The molecule has 9 atom stereocenters. The highest BCUT2D eigenvalue weighted by Crippen LogP contribution is 2.63. The van der Waals surface area contributed by atoms with Crippen LogP contribution in [0.3, 0.4) is 0 Å². The van der Waals surface area contributed by atoms with Crippen LogP contribution in [0.4, 0.5) is 0 Å². The number of fused-ring (bicyclic) bond motifs is 1. The number of rotatable bonds is 5. The number of hydrogen-bond acceptors (Lipinski definition) is 7. The summed E-state index contributed by atoms with van der Waals surface area (Å²) in [5.41, 5.74) is 5.71. The second kappa shape index (κ2) is 7.97. The van der Waals surface area contributed by atoms with E-state index in [0.717, 1.165) is 38.5 Å². The van der Waals surface area contributed by atoms with Crippen LogP contribution in [0.1, 0.15) is 57.8 Å². The third-order valence-electron chi connectivity index (χ3n) is 8.16. The average molecular weight is 450 g/mol. The lowest BCUT2D eigenvalue weighted by Gasteiger charge is -2.61. The maximum Gasteiger partial charge on any atom is 0.333 e. The third-order valence-corrected chi connectivity index (χ3v) is 8.16. The van der Waals surface area contributed by atoms with Crippen molar-refractivity contribution in [2.24, 2.45) is 28.9 Å². The van der Waals surface area contributed by atoms with Gasteiger partial charge in [-0.05, 0) is 74.5 Å². The number of carbonyl (C=O) groups excluding carboxylic acids is 1. The smallest absolute Gasteiger partial charge is 0.333 e. The van der Waals surface area contributed by atoms with Gasteiger partial charge in [-0.15, -0.1) is 0 Å². The van der Waals surface area contributed by atoms with E-state index in [2.05, 4.69) is 6.07 Å². The lowest BCUT2D eigenvalue weighted by Crippen LogP contribution is -2.64. The molecule has 0 aromatic rings. The number of carboxylic acid groups (broad SMARTS) is 2. The van der Waals surface area contributed by atoms with Crippen LogP contribution < -0.4 is 5.73 Å². The van der Waals surface area contributed by atoms with E-state index in [4.69, 9.17) is 21.1 Å². The molecule has 1 amide bonds. The highest BCUT2D eigenvalue weighted by atomic mass is 16.4. The maximum absolute atomic E-state index is 13.1. The van der Waals surface area contributed by atoms with Crippen LogP contribution in [-0.4, -0.2) is 73.0 Å². The van der Waals surface area contributed by atoms with Crippen molar-refractivity contribution in [3.63, 3.8) is 0 Å². The zero-order valence-corrected chi connectivity index (χ0v) is 17.9. The summed E-state index contributed by atoms with van der Waals surface area (Å²) in [5.74, 6) is -1.29. The Bertz CT molecular complexity index is 841. The number of likely N-dealkylation sites (tertiary alicyclic amines) is 1. The molecule has 6 rings (SSSR count). The number of nitriles is 1. The standard InChI is InChI=1S/C18H25N3O2.C4H6O5/c19-8-13-2-12-3-14(12)21(13)16(22)15(20)17-4-10-1-11(5-17)7-18(23,6-10)9-17;5-2(4(8)9)1-3(6)7/h10-15,23H,1-7,9,20H2;2,5H,1H2,(H,6,7)(H,8,9)/t10-,11+,12-,13+,14+,15-,17?,18?;2-/m10/s1. The molecule has 1 saturated heterocycles. The Balaban J connectivity index is 0.000000234. The molecule has 5 saturated carbocycles. The highest BCUT2D eigenvalue weighted by molar-refractivity contribution is 5.84. The zero-order chi connectivity index (χ0) is 23.4. The van der Waals surface area contributed by atoms with Crippen molar-refractivity contribution in [2.75, 3.05) is 0 Å². The van der Waals surface area contributed by atoms with Crippen LogP contribution in [0.5, 0.6) is 0 Å². The number of amides is 1. The topological polar surface area (TPSA) is 185 Å². The van der Waals surface area contributed by atoms with Crippen molar-refractivity contribution in [3.8, 4) is 6.07 Å². The second-order valence-corrected chi connectivity index (χ2v) is 10.7. The van der Waals surface area contributed by atoms with Crippen LogP contribution in [-0.2, 0) is 14.4 Å². The van der Waals surface area contributed by atoms with E-state index < -0.39 is 36.1 Å². The van der Waals surface area contributed by atoms with Crippen LogP contribution in [0, 0.1) is 34.5 Å². The third kappa shape index (κ3) is 4.09. The highest BCUT2D eigenvalue weighted by Gasteiger charge is 2.62. The van der Waals surface area contributed by atoms with Gasteiger partial charge < -0.3 is 31.1 Å². The summed E-state index contributed by atoms with van der Waals surface area (Å²) in [6.07, 6.45) is 4.94. The Labute approximate surface area is 186 Å². The van der Waals surface area contributed by atoms with E-state index >= 15 is 0 Å². The van der Waals surface area contributed by atoms with E-state index in [1.54, 1.807) is 4.90 Å². The normalized spacial score (nSPS) is 42.2. The number of aliphatic carboxylic acids is 2. The maximum atomic E-state index is 13.1. The number of carboxylic acids is 2. The predicted octanol–water partition coefficient (Wildman–Crippen LogP) is 0.0646. The molecular weight excluding hydrogens is 418 g/mol. The van der Waals surface area contributed by atoms with Gasteiger partial charge in [0.1, 0.15) is 6.04 Å². The molecule has 10 heteroatoms. The first-order chi connectivity index (χ1) is 15.0. The van der Waals surface area contributed by atoms with Gasteiger partial charge in [-0.25, -0.2) is 4.79 Å². The van der Waals surface area contributed by atoms with Gasteiger partial charge in [-0.1, -0.05) is 0 Å². The fourth-order valence-electron chi connectivity index (χ4n) is 7.21. The van der Waals surface area contributed by atoms with Gasteiger partial charge in [-0.2, -0.15) is 5.26 Å². The fourth-order valence-corrected chi connectivity index (χ4v) is 7.21. The molecule has 176 valence electrons. The summed E-state index contributed by atoms with van der Waals surface area (Å²) in [6.45, 7) is 0. The van der Waals surface area contributed by atoms with Crippen molar-refractivity contribution in [2.45, 2.75) is 87.6 Å². The summed E-state index contributed by atoms with van der Waals surface area (Å²) < 4.78 is 0. The monoisotopic (exact) mass is 449 g/mol. The Kier molecular flexibility index (Phi) is 5.72. The van der Waals surface area contributed by atoms with Gasteiger partial charge in [0, 0.05) is 6.04 Å². The minimum atomic E-state index is -1.79. The Morgan fingerprint density at radius 3 is 2.19 bits per heavy atom. The first-order valence-corrected chi connectivity index (χ1v) is 11.3. The Morgan fingerprint density at radius 1 is 1.09 bits per heavy atom. The van der Waals surface area contributed by atoms with Crippen molar-refractivity contribution in [1.29, 1.82) is 5.26 Å². The minimum absolute atomic E-state index is 0.0212. The molecule has 10 nitrogen and oxygen atoms in total.